The van der Waals surface area contributed by atoms with Crippen LogP contribution in [0.3, 0.4) is 0 Å². The SMILES string of the molecule is COc1ccc([C@H](C(C)C)[C@H](C)OC(=O)[C@H](C)NC(=O)c2nccc(OC)c2OC(C)=O)cc1. The maximum Gasteiger partial charge on any atom is 0.328 e. The van der Waals surface area contributed by atoms with Crippen LogP contribution in [0.5, 0.6) is 17.2 Å². The molecule has 0 aliphatic rings. The summed E-state index contributed by atoms with van der Waals surface area (Å²) in [5, 5.41) is 2.55. The molecule has 0 radical (unpaired) electrons. The van der Waals surface area contributed by atoms with Crippen molar-refractivity contribution in [3.05, 3.63) is 47.8 Å². The van der Waals surface area contributed by atoms with Gasteiger partial charge in [-0.3, -0.25) is 9.59 Å². The van der Waals surface area contributed by atoms with Gasteiger partial charge in [0.25, 0.3) is 5.91 Å². The van der Waals surface area contributed by atoms with Gasteiger partial charge >= 0.3 is 11.9 Å². The van der Waals surface area contributed by atoms with Gasteiger partial charge in [-0.1, -0.05) is 26.0 Å². The number of carbonyl (C=O) groups is 3. The number of hydrogen-bond acceptors (Lipinski definition) is 8. The van der Waals surface area contributed by atoms with E-state index in [1.165, 1.54) is 33.2 Å². The summed E-state index contributed by atoms with van der Waals surface area (Å²) in [6.07, 6.45) is 0.889. The lowest BCUT2D eigenvalue weighted by molar-refractivity contribution is -0.151. The molecule has 0 aliphatic carbocycles. The van der Waals surface area contributed by atoms with Crippen LogP contribution in [0.1, 0.15) is 56.6 Å². The number of aromatic nitrogens is 1. The molecule has 0 unspecified atom stereocenters. The molecular weight excluding hydrogens is 440 g/mol. The molecule has 1 heterocycles. The van der Waals surface area contributed by atoms with E-state index >= 15 is 0 Å². The number of rotatable bonds is 10. The standard InChI is InChI=1S/C25H32N2O7/c1-14(2)21(18-8-10-19(31-6)11-9-18)16(4)33-25(30)15(3)27-24(29)22-23(34-17(5)28)20(32-7)12-13-26-22/h8-16,21H,1-7H3,(H,27,29)/t15-,16-,21+/m0/s1. The van der Waals surface area contributed by atoms with Gasteiger partial charge in [0.1, 0.15) is 17.9 Å². The molecule has 9 heteroatoms. The number of esters is 2. The molecule has 1 aromatic carbocycles. The Bertz CT molecular complexity index is 1000. The van der Waals surface area contributed by atoms with Crippen LogP contribution in [0.15, 0.2) is 36.5 Å². The lowest BCUT2D eigenvalue weighted by Gasteiger charge is -2.29. The highest BCUT2D eigenvalue weighted by molar-refractivity contribution is 5.98. The minimum Gasteiger partial charge on any atom is -0.497 e. The molecule has 1 N–H and O–H groups in total. The van der Waals surface area contributed by atoms with Gasteiger partial charge in [-0.15, -0.1) is 0 Å². The number of benzene rings is 1. The zero-order valence-electron chi connectivity index (χ0n) is 20.6. The van der Waals surface area contributed by atoms with Gasteiger partial charge in [0.2, 0.25) is 5.75 Å². The third-order valence-corrected chi connectivity index (χ3v) is 5.28. The summed E-state index contributed by atoms with van der Waals surface area (Å²) in [6.45, 7) is 8.63. The number of ether oxygens (including phenoxy) is 4. The number of methoxy groups -OCH3 is 2. The molecule has 184 valence electrons. The fourth-order valence-electron chi connectivity index (χ4n) is 3.70. The topological polar surface area (TPSA) is 113 Å². The van der Waals surface area contributed by atoms with E-state index in [0.29, 0.717) is 0 Å². The van der Waals surface area contributed by atoms with E-state index in [1.54, 1.807) is 7.11 Å². The smallest absolute Gasteiger partial charge is 0.328 e. The first kappa shape index (κ1) is 26.6. The fraction of sp³-hybridized carbons (Fsp3) is 0.440. The Kier molecular flexibility index (Phi) is 9.41. The second-order valence-electron chi connectivity index (χ2n) is 8.16. The molecule has 0 spiro atoms. The first-order valence-electron chi connectivity index (χ1n) is 11.0. The highest BCUT2D eigenvalue weighted by Gasteiger charge is 2.29. The summed E-state index contributed by atoms with van der Waals surface area (Å²) in [5.74, 6) is -1.03. The second kappa shape index (κ2) is 12.0. The van der Waals surface area contributed by atoms with Crippen molar-refractivity contribution in [2.75, 3.05) is 14.2 Å². The van der Waals surface area contributed by atoms with Gasteiger partial charge in [0.05, 0.1) is 14.2 Å². The van der Waals surface area contributed by atoms with Gasteiger partial charge in [-0.05, 0) is 37.5 Å². The highest BCUT2D eigenvalue weighted by atomic mass is 16.6. The largest absolute Gasteiger partial charge is 0.497 e. The average Bonchev–Trinajstić information content (AvgIpc) is 2.78. The van der Waals surface area contributed by atoms with Crippen LogP contribution in [0.2, 0.25) is 0 Å². The number of nitrogens with zero attached hydrogens (tertiary/aromatic N) is 1. The van der Waals surface area contributed by atoms with Crippen molar-refractivity contribution in [3.8, 4) is 17.2 Å². The monoisotopic (exact) mass is 472 g/mol. The summed E-state index contributed by atoms with van der Waals surface area (Å²) in [4.78, 5) is 41.0. The van der Waals surface area contributed by atoms with E-state index in [9.17, 15) is 14.4 Å². The molecular formula is C25H32N2O7. The predicted molar refractivity (Wildman–Crippen MR) is 125 cm³/mol. The molecule has 3 atom stereocenters. The van der Waals surface area contributed by atoms with Crippen LogP contribution in [-0.4, -0.2) is 49.2 Å². The molecule has 0 aliphatic heterocycles. The molecule has 1 amide bonds. The maximum atomic E-state index is 12.8. The Morgan fingerprint density at radius 2 is 1.59 bits per heavy atom. The van der Waals surface area contributed by atoms with E-state index in [1.807, 2.05) is 31.2 Å². The summed E-state index contributed by atoms with van der Waals surface area (Å²) < 4.78 is 21.2. The van der Waals surface area contributed by atoms with E-state index in [4.69, 9.17) is 18.9 Å². The normalized spacial score (nSPS) is 13.4. The van der Waals surface area contributed by atoms with Crippen LogP contribution in [0.4, 0.5) is 0 Å². The van der Waals surface area contributed by atoms with E-state index in [-0.39, 0.29) is 29.0 Å². The van der Waals surface area contributed by atoms with Crippen LogP contribution in [-0.2, 0) is 14.3 Å². The molecule has 0 fully saturated rings. The van der Waals surface area contributed by atoms with E-state index in [2.05, 4.69) is 24.1 Å². The molecule has 34 heavy (non-hydrogen) atoms. The van der Waals surface area contributed by atoms with Crippen molar-refractivity contribution in [1.82, 2.24) is 10.3 Å². The molecule has 0 saturated carbocycles. The molecule has 1 aromatic heterocycles. The Hall–Kier alpha value is -3.62. The summed E-state index contributed by atoms with van der Waals surface area (Å²) in [7, 11) is 2.98. The Morgan fingerprint density at radius 1 is 0.941 bits per heavy atom. The maximum absolute atomic E-state index is 12.8. The Labute approximate surface area is 199 Å². The van der Waals surface area contributed by atoms with Crippen molar-refractivity contribution in [2.45, 2.75) is 52.7 Å². The number of nitrogens with one attached hydrogen (secondary N) is 1. The number of hydrogen-bond donors (Lipinski definition) is 1. The quantitative estimate of drug-likeness (QED) is 0.523. The van der Waals surface area contributed by atoms with Crippen LogP contribution in [0.25, 0.3) is 0 Å². The van der Waals surface area contributed by atoms with Crippen LogP contribution in [0, 0.1) is 5.92 Å². The van der Waals surface area contributed by atoms with E-state index in [0.717, 1.165) is 11.3 Å². The van der Waals surface area contributed by atoms with Crippen molar-refractivity contribution in [3.63, 3.8) is 0 Å². The molecule has 0 saturated heterocycles. The molecule has 2 rings (SSSR count). The zero-order valence-corrected chi connectivity index (χ0v) is 20.6. The van der Waals surface area contributed by atoms with Gasteiger partial charge < -0.3 is 24.3 Å². The van der Waals surface area contributed by atoms with Crippen molar-refractivity contribution >= 4 is 17.8 Å². The van der Waals surface area contributed by atoms with Crippen LogP contribution < -0.4 is 19.5 Å². The minimum absolute atomic E-state index is 0.0617. The molecule has 2 aromatic rings. The average molecular weight is 473 g/mol. The zero-order chi connectivity index (χ0) is 25.4. The summed E-state index contributed by atoms with van der Waals surface area (Å²) in [6, 6.07) is 8.11. The summed E-state index contributed by atoms with van der Waals surface area (Å²) >= 11 is 0. The first-order chi connectivity index (χ1) is 16.1. The van der Waals surface area contributed by atoms with Crippen molar-refractivity contribution in [1.29, 1.82) is 0 Å². The van der Waals surface area contributed by atoms with Gasteiger partial charge in [-0.2, -0.15) is 0 Å². The minimum atomic E-state index is -0.975. The molecule has 9 nitrogen and oxygen atoms in total. The Balaban J connectivity index is 2.13. The van der Waals surface area contributed by atoms with Crippen molar-refractivity contribution < 1.29 is 33.3 Å². The number of amides is 1. The number of pyridine rings is 1. The van der Waals surface area contributed by atoms with Gasteiger partial charge in [-0.25, -0.2) is 9.78 Å². The van der Waals surface area contributed by atoms with Gasteiger partial charge in [0.15, 0.2) is 11.4 Å². The third-order valence-electron chi connectivity index (χ3n) is 5.28. The Morgan fingerprint density at radius 3 is 2.12 bits per heavy atom. The second-order valence-corrected chi connectivity index (χ2v) is 8.16. The fourth-order valence-corrected chi connectivity index (χ4v) is 3.70. The van der Waals surface area contributed by atoms with Crippen LogP contribution >= 0.6 is 0 Å². The lowest BCUT2D eigenvalue weighted by atomic mass is 9.84. The van der Waals surface area contributed by atoms with Gasteiger partial charge in [0, 0.05) is 25.1 Å². The van der Waals surface area contributed by atoms with Crippen molar-refractivity contribution in [2.24, 2.45) is 5.92 Å². The summed E-state index contributed by atoms with van der Waals surface area (Å²) in [5.41, 5.74) is 0.833. The van der Waals surface area contributed by atoms with E-state index < -0.39 is 30.0 Å². The lowest BCUT2D eigenvalue weighted by Crippen LogP contribution is -2.42. The first-order valence-corrected chi connectivity index (χ1v) is 11.0. The third kappa shape index (κ3) is 6.69. The predicted octanol–water partition coefficient (Wildman–Crippen LogP) is 3.51. The molecule has 0 bridgehead atoms. The number of carbonyl (C=O) groups excluding carboxylic acids is 3. The highest BCUT2D eigenvalue weighted by Crippen LogP contribution is 2.32.